The van der Waals surface area contributed by atoms with E-state index in [0.29, 0.717) is 0 Å². The molecule has 0 saturated carbocycles. The first-order valence-electron chi connectivity index (χ1n) is 4.09. The van der Waals surface area contributed by atoms with Crippen LogP contribution in [0.3, 0.4) is 0 Å². The lowest BCUT2D eigenvalue weighted by molar-refractivity contribution is -0.141. The molecule has 7 nitrogen and oxygen atoms in total. The first-order valence-corrected chi connectivity index (χ1v) is 4.09. The van der Waals surface area contributed by atoms with Crippen molar-refractivity contribution in [3.8, 4) is 5.75 Å². The Bertz CT molecular complexity index is 339. The molecule has 0 aliphatic carbocycles. The first kappa shape index (κ1) is 11.3. The number of carboxylic acid groups (broad SMARTS) is 1. The zero-order valence-corrected chi connectivity index (χ0v) is 7.61. The summed E-state index contributed by atoms with van der Waals surface area (Å²) in [6, 6.07) is 0. The lowest BCUT2D eigenvalue weighted by atomic mass is 10.1. The highest BCUT2D eigenvalue weighted by atomic mass is 16.4. The van der Waals surface area contributed by atoms with Crippen molar-refractivity contribution in [1.29, 1.82) is 0 Å². The summed E-state index contributed by atoms with van der Waals surface area (Å²) in [5.41, 5.74) is 0. The quantitative estimate of drug-likeness (QED) is 0.509. The van der Waals surface area contributed by atoms with Gasteiger partial charge in [-0.15, -0.1) is 0 Å². The Kier molecular flexibility index (Phi) is 3.53. The number of carbonyl (C=O) groups is 1. The summed E-state index contributed by atoms with van der Waals surface area (Å²) in [5.74, 6) is -1.56. The van der Waals surface area contributed by atoms with Crippen molar-refractivity contribution in [2.45, 2.75) is 18.6 Å². The zero-order chi connectivity index (χ0) is 11.4. The molecule has 0 fully saturated rings. The van der Waals surface area contributed by atoms with Crippen molar-refractivity contribution in [1.82, 2.24) is 9.97 Å². The Labute approximate surface area is 84.7 Å². The molecule has 0 aliphatic heterocycles. The third kappa shape index (κ3) is 3.15. The fraction of sp³-hybridized carbons (Fsp3) is 0.375. The van der Waals surface area contributed by atoms with Crippen LogP contribution in [-0.4, -0.2) is 42.5 Å². The molecule has 4 N–H and O–H groups in total. The van der Waals surface area contributed by atoms with Crippen LogP contribution >= 0.6 is 0 Å². The van der Waals surface area contributed by atoms with Crippen molar-refractivity contribution in [2.75, 3.05) is 0 Å². The number of nitrogens with zero attached hydrogens (tertiary/aromatic N) is 2. The summed E-state index contributed by atoms with van der Waals surface area (Å²) in [4.78, 5) is 17.3. The molecule has 0 saturated heterocycles. The third-order valence-corrected chi connectivity index (χ3v) is 1.67. The van der Waals surface area contributed by atoms with E-state index in [1.54, 1.807) is 0 Å². The summed E-state index contributed by atoms with van der Waals surface area (Å²) < 4.78 is 0. The average molecular weight is 214 g/mol. The van der Waals surface area contributed by atoms with Crippen molar-refractivity contribution in [3.63, 3.8) is 0 Å². The van der Waals surface area contributed by atoms with Crippen LogP contribution < -0.4 is 0 Å². The first-order chi connectivity index (χ1) is 7.00. The van der Waals surface area contributed by atoms with Crippen LogP contribution in [0.15, 0.2) is 12.4 Å². The fourth-order valence-electron chi connectivity index (χ4n) is 0.947. The summed E-state index contributed by atoms with van der Waals surface area (Å²) in [6.07, 6.45) is -1.49. The second-order valence-electron chi connectivity index (χ2n) is 2.91. The van der Waals surface area contributed by atoms with Gasteiger partial charge in [-0.2, -0.15) is 0 Å². The largest absolute Gasteiger partial charge is 0.505 e. The Morgan fingerprint density at radius 2 is 1.87 bits per heavy atom. The Balaban J connectivity index is 2.71. The molecule has 2 unspecified atom stereocenters. The van der Waals surface area contributed by atoms with Crippen LogP contribution in [0.2, 0.25) is 0 Å². The topological polar surface area (TPSA) is 124 Å². The van der Waals surface area contributed by atoms with Gasteiger partial charge < -0.3 is 20.4 Å². The number of hydrogen-bond acceptors (Lipinski definition) is 6. The molecule has 7 heteroatoms. The molecule has 1 rings (SSSR count). The number of aliphatic carboxylic acids is 1. The highest BCUT2D eigenvalue weighted by Crippen LogP contribution is 2.15. The molecular weight excluding hydrogens is 204 g/mol. The number of carboxylic acids is 1. The number of aromatic nitrogens is 2. The Hall–Kier alpha value is -1.73. The average Bonchev–Trinajstić information content (AvgIpc) is 2.17. The number of rotatable bonds is 4. The van der Waals surface area contributed by atoms with Gasteiger partial charge in [0.1, 0.15) is 6.10 Å². The molecule has 0 bridgehead atoms. The summed E-state index contributed by atoms with van der Waals surface area (Å²) in [5, 5.41) is 35.9. The maximum atomic E-state index is 10.2. The van der Waals surface area contributed by atoms with E-state index in [1.165, 1.54) is 0 Å². The molecule has 1 aromatic heterocycles. The second-order valence-corrected chi connectivity index (χ2v) is 2.91. The minimum atomic E-state index is -1.48. The molecule has 0 aliphatic rings. The van der Waals surface area contributed by atoms with Gasteiger partial charge in [0, 0.05) is 0 Å². The maximum Gasteiger partial charge on any atom is 0.306 e. The minimum absolute atomic E-state index is 0.137. The van der Waals surface area contributed by atoms with Crippen LogP contribution in [0.1, 0.15) is 18.3 Å². The molecule has 2 atom stereocenters. The molecule has 0 radical (unpaired) electrons. The summed E-state index contributed by atoms with van der Waals surface area (Å²) in [7, 11) is 0. The van der Waals surface area contributed by atoms with Crippen LogP contribution in [0.25, 0.3) is 0 Å². The lowest BCUT2D eigenvalue weighted by Gasteiger charge is -2.14. The second kappa shape index (κ2) is 4.67. The monoisotopic (exact) mass is 214 g/mol. The molecule has 1 aromatic rings. The van der Waals surface area contributed by atoms with Gasteiger partial charge in [-0.05, 0) is 0 Å². The summed E-state index contributed by atoms with van der Waals surface area (Å²) in [6.45, 7) is 0. The van der Waals surface area contributed by atoms with Gasteiger partial charge in [0.05, 0.1) is 24.9 Å². The smallest absolute Gasteiger partial charge is 0.306 e. The zero-order valence-electron chi connectivity index (χ0n) is 7.61. The molecular formula is C8H10N2O5. The van der Waals surface area contributed by atoms with Gasteiger partial charge in [0.25, 0.3) is 0 Å². The predicted octanol–water partition coefficient (Wildman–Crippen LogP) is -0.949. The number of aliphatic hydroxyl groups is 2. The van der Waals surface area contributed by atoms with Crippen molar-refractivity contribution < 1.29 is 25.2 Å². The lowest BCUT2D eigenvalue weighted by Crippen LogP contribution is -2.23. The molecule has 1 heterocycles. The van der Waals surface area contributed by atoms with E-state index in [4.69, 9.17) is 10.2 Å². The van der Waals surface area contributed by atoms with Crippen molar-refractivity contribution in [3.05, 3.63) is 18.2 Å². The van der Waals surface area contributed by atoms with E-state index in [1.807, 2.05) is 0 Å². The Morgan fingerprint density at radius 3 is 2.33 bits per heavy atom. The van der Waals surface area contributed by atoms with E-state index in [0.717, 1.165) is 12.4 Å². The number of aromatic hydroxyl groups is 1. The normalized spacial score (nSPS) is 14.5. The molecule has 82 valence electrons. The van der Waals surface area contributed by atoms with E-state index >= 15 is 0 Å². The molecule has 15 heavy (non-hydrogen) atoms. The minimum Gasteiger partial charge on any atom is -0.505 e. The van der Waals surface area contributed by atoms with Crippen LogP contribution in [0.5, 0.6) is 5.75 Å². The molecule has 0 spiro atoms. The predicted molar refractivity (Wildman–Crippen MR) is 46.9 cm³/mol. The Morgan fingerprint density at radius 1 is 1.33 bits per heavy atom. The van der Waals surface area contributed by atoms with Gasteiger partial charge in [-0.3, -0.25) is 4.79 Å². The fourth-order valence-corrected chi connectivity index (χ4v) is 0.947. The molecule has 0 amide bonds. The highest BCUT2D eigenvalue weighted by molar-refractivity contribution is 5.67. The van der Waals surface area contributed by atoms with Gasteiger partial charge in [0.2, 0.25) is 0 Å². The SMILES string of the molecule is O=C(O)CC(O)C(O)c1ncc(O)cn1. The van der Waals surface area contributed by atoms with E-state index in [-0.39, 0.29) is 11.6 Å². The number of hydrogen-bond donors (Lipinski definition) is 4. The van der Waals surface area contributed by atoms with Crippen LogP contribution in [0.4, 0.5) is 0 Å². The van der Waals surface area contributed by atoms with E-state index < -0.39 is 24.6 Å². The standard InChI is InChI=1S/C8H10N2O5/c11-4-2-9-8(10-3-4)7(15)5(12)1-6(13)14/h2-3,5,7,11-12,15H,1H2,(H,13,14). The van der Waals surface area contributed by atoms with Gasteiger partial charge >= 0.3 is 5.97 Å². The summed E-state index contributed by atoms with van der Waals surface area (Å²) >= 11 is 0. The van der Waals surface area contributed by atoms with Crippen LogP contribution in [-0.2, 0) is 4.79 Å². The van der Waals surface area contributed by atoms with Crippen molar-refractivity contribution in [2.24, 2.45) is 0 Å². The van der Waals surface area contributed by atoms with Gasteiger partial charge in [-0.1, -0.05) is 0 Å². The van der Waals surface area contributed by atoms with E-state index in [2.05, 4.69) is 9.97 Å². The molecule has 0 aromatic carbocycles. The number of aliphatic hydroxyl groups excluding tert-OH is 2. The van der Waals surface area contributed by atoms with Gasteiger partial charge in [0.15, 0.2) is 11.6 Å². The maximum absolute atomic E-state index is 10.2. The highest BCUT2D eigenvalue weighted by Gasteiger charge is 2.23. The van der Waals surface area contributed by atoms with Crippen LogP contribution in [0, 0.1) is 0 Å². The van der Waals surface area contributed by atoms with Gasteiger partial charge in [-0.25, -0.2) is 9.97 Å². The van der Waals surface area contributed by atoms with E-state index in [9.17, 15) is 15.0 Å². The van der Waals surface area contributed by atoms with Crippen molar-refractivity contribution >= 4 is 5.97 Å². The third-order valence-electron chi connectivity index (χ3n) is 1.67.